The molecule has 4 rings (SSSR count). The molecule has 6 nitrogen and oxygen atoms in total. The van der Waals surface area contributed by atoms with E-state index >= 15 is 0 Å². The van der Waals surface area contributed by atoms with Gasteiger partial charge in [-0.2, -0.15) is 0 Å². The quantitative estimate of drug-likeness (QED) is 0.888. The third-order valence-corrected chi connectivity index (χ3v) is 5.56. The fraction of sp³-hybridized carbons (Fsp3) is 0.471. The van der Waals surface area contributed by atoms with Crippen molar-refractivity contribution in [3.05, 3.63) is 46.7 Å². The molecule has 1 N–H and O–H groups in total. The lowest BCUT2D eigenvalue weighted by atomic mass is 9.81. The summed E-state index contributed by atoms with van der Waals surface area (Å²) < 4.78 is 5.73. The van der Waals surface area contributed by atoms with Crippen LogP contribution in [0.15, 0.2) is 35.3 Å². The number of likely N-dealkylation sites (tertiary alicyclic amines) is 1. The minimum absolute atomic E-state index is 0.000458. The van der Waals surface area contributed by atoms with E-state index in [4.69, 9.17) is 4.74 Å². The van der Waals surface area contributed by atoms with E-state index in [0.717, 1.165) is 31.9 Å². The van der Waals surface area contributed by atoms with Crippen molar-refractivity contribution < 1.29 is 9.53 Å². The largest absolute Gasteiger partial charge is 0.380 e. The molecule has 126 valence electrons. The van der Waals surface area contributed by atoms with Crippen molar-refractivity contribution in [2.75, 3.05) is 32.8 Å². The number of nitrogens with zero attached hydrogens (tertiary/aromatic N) is 3. The summed E-state index contributed by atoms with van der Waals surface area (Å²) in [4.78, 5) is 23.1. The smallest absolute Gasteiger partial charge is 0.270 e. The van der Waals surface area contributed by atoms with E-state index in [1.54, 1.807) is 10.9 Å². The number of amides is 1. The first-order valence-corrected chi connectivity index (χ1v) is 9.06. The second kappa shape index (κ2) is 6.58. The monoisotopic (exact) mass is 344 g/mol. The van der Waals surface area contributed by atoms with Gasteiger partial charge in [-0.15, -0.1) is 11.3 Å². The summed E-state index contributed by atoms with van der Waals surface area (Å²) in [6.45, 7) is 4.86. The van der Waals surface area contributed by atoms with Gasteiger partial charge in [0.05, 0.1) is 24.4 Å². The molecule has 2 aliphatic heterocycles. The highest BCUT2D eigenvalue weighted by Crippen LogP contribution is 2.41. The van der Waals surface area contributed by atoms with Crippen LogP contribution >= 0.6 is 11.3 Å². The first-order chi connectivity index (χ1) is 11.8. The molecule has 0 unspecified atom stereocenters. The van der Waals surface area contributed by atoms with Crippen LogP contribution in [0, 0.1) is 11.3 Å². The summed E-state index contributed by atoms with van der Waals surface area (Å²) >= 11 is 1.43. The van der Waals surface area contributed by atoms with Gasteiger partial charge < -0.3 is 10.1 Å². The zero-order valence-corrected chi connectivity index (χ0v) is 14.2. The topological polar surface area (TPSA) is 67.3 Å². The summed E-state index contributed by atoms with van der Waals surface area (Å²) in [5.41, 5.74) is 3.26. The molecule has 0 aromatic carbocycles. The molecule has 0 spiro atoms. The standard InChI is InChI=1S/C17H20N4O2S/c22-16(15-8-24-12-20-15)19-9-17-10-21(5-13(17)7-23-11-17)6-14-3-1-2-4-18-14/h1-4,8,12-13H,5-7,9-11H2,(H,19,22)/t13-,17+/m1/s1. The molecule has 0 bridgehead atoms. The maximum atomic E-state index is 12.2. The van der Waals surface area contributed by atoms with Crippen molar-refractivity contribution in [3.63, 3.8) is 0 Å². The number of thiazole rings is 1. The molecular weight excluding hydrogens is 324 g/mol. The molecule has 0 radical (unpaired) electrons. The molecule has 2 atom stereocenters. The SMILES string of the molecule is O=C(NC[C@]12COC[C@H]1CN(Cc1ccccn1)C2)c1cscn1. The van der Waals surface area contributed by atoms with Crippen LogP contribution in [0.2, 0.25) is 0 Å². The van der Waals surface area contributed by atoms with Crippen LogP contribution in [0.5, 0.6) is 0 Å². The first kappa shape index (κ1) is 15.7. The Kier molecular flexibility index (Phi) is 4.30. The maximum absolute atomic E-state index is 12.2. The summed E-state index contributed by atoms with van der Waals surface area (Å²) in [5.74, 6) is 0.358. The molecule has 2 aromatic rings. The highest BCUT2D eigenvalue weighted by Gasteiger charge is 2.50. The van der Waals surface area contributed by atoms with Crippen molar-refractivity contribution in [2.24, 2.45) is 11.3 Å². The predicted octanol–water partition coefficient (Wildman–Crippen LogP) is 1.42. The molecule has 2 fully saturated rings. The number of hydrogen-bond donors (Lipinski definition) is 1. The lowest BCUT2D eigenvalue weighted by molar-refractivity contribution is 0.0900. The Balaban J connectivity index is 1.40. The Bertz CT molecular complexity index is 694. The normalized spacial score (nSPS) is 26.4. The second-order valence-corrected chi connectivity index (χ2v) is 7.34. The third kappa shape index (κ3) is 3.07. The number of carbonyl (C=O) groups is 1. The Labute approximate surface area is 144 Å². The average molecular weight is 344 g/mol. The number of carbonyl (C=O) groups excluding carboxylic acids is 1. The molecule has 2 aliphatic rings. The maximum Gasteiger partial charge on any atom is 0.270 e. The first-order valence-electron chi connectivity index (χ1n) is 8.12. The molecule has 4 heterocycles. The zero-order chi connectivity index (χ0) is 16.4. The molecular formula is C17H20N4O2S. The van der Waals surface area contributed by atoms with E-state index in [1.807, 2.05) is 18.3 Å². The number of fused-ring (bicyclic) bond motifs is 1. The predicted molar refractivity (Wildman–Crippen MR) is 90.7 cm³/mol. The van der Waals surface area contributed by atoms with Crippen LogP contribution in [0.25, 0.3) is 0 Å². The summed E-state index contributed by atoms with van der Waals surface area (Å²) in [6.07, 6.45) is 1.83. The van der Waals surface area contributed by atoms with Crippen LogP contribution in [0.1, 0.15) is 16.2 Å². The summed E-state index contributed by atoms with van der Waals surface area (Å²) in [5, 5.41) is 4.83. The van der Waals surface area contributed by atoms with Gasteiger partial charge in [-0.3, -0.25) is 14.7 Å². The molecule has 0 aliphatic carbocycles. The van der Waals surface area contributed by atoms with E-state index in [9.17, 15) is 4.79 Å². The van der Waals surface area contributed by atoms with Crippen LogP contribution < -0.4 is 5.32 Å². The minimum Gasteiger partial charge on any atom is -0.380 e. The van der Waals surface area contributed by atoms with E-state index in [-0.39, 0.29) is 11.3 Å². The third-order valence-electron chi connectivity index (χ3n) is 4.97. The Morgan fingerprint density at radius 1 is 1.46 bits per heavy atom. The zero-order valence-electron chi connectivity index (χ0n) is 13.4. The summed E-state index contributed by atoms with van der Waals surface area (Å²) in [7, 11) is 0. The van der Waals surface area contributed by atoms with Crippen molar-refractivity contribution >= 4 is 17.2 Å². The van der Waals surface area contributed by atoms with E-state index in [0.29, 0.717) is 24.8 Å². The molecule has 7 heteroatoms. The van der Waals surface area contributed by atoms with Crippen molar-refractivity contribution in [1.29, 1.82) is 0 Å². The Morgan fingerprint density at radius 3 is 3.21 bits per heavy atom. The van der Waals surface area contributed by atoms with Crippen molar-refractivity contribution in [2.45, 2.75) is 6.54 Å². The average Bonchev–Trinajstić information content (AvgIpc) is 3.29. The summed E-state index contributed by atoms with van der Waals surface area (Å²) in [6, 6.07) is 6.01. The number of hydrogen-bond acceptors (Lipinski definition) is 6. The number of aromatic nitrogens is 2. The molecule has 2 aromatic heterocycles. The van der Waals surface area contributed by atoms with Crippen LogP contribution in [-0.4, -0.2) is 53.6 Å². The molecule has 1 amide bonds. The molecule has 2 saturated heterocycles. The molecule has 0 saturated carbocycles. The minimum atomic E-state index is -0.0977. The van der Waals surface area contributed by atoms with Crippen molar-refractivity contribution in [1.82, 2.24) is 20.2 Å². The van der Waals surface area contributed by atoms with Gasteiger partial charge in [-0.05, 0) is 12.1 Å². The van der Waals surface area contributed by atoms with Gasteiger partial charge in [0.2, 0.25) is 0 Å². The fourth-order valence-corrected chi connectivity index (χ4v) is 4.24. The number of rotatable bonds is 5. The lowest BCUT2D eigenvalue weighted by Gasteiger charge is -2.27. The van der Waals surface area contributed by atoms with Crippen LogP contribution in [0.3, 0.4) is 0 Å². The van der Waals surface area contributed by atoms with Gasteiger partial charge in [0, 0.05) is 49.1 Å². The Hall–Kier alpha value is -1.83. The van der Waals surface area contributed by atoms with Crippen molar-refractivity contribution in [3.8, 4) is 0 Å². The lowest BCUT2D eigenvalue weighted by Crippen LogP contribution is -2.43. The fourth-order valence-electron chi connectivity index (χ4n) is 3.71. The van der Waals surface area contributed by atoms with Crippen LogP contribution in [0.4, 0.5) is 0 Å². The number of pyridine rings is 1. The highest BCUT2D eigenvalue weighted by atomic mass is 32.1. The van der Waals surface area contributed by atoms with Gasteiger partial charge in [-0.25, -0.2) is 4.98 Å². The van der Waals surface area contributed by atoms with E-state index < -0.39 is 0 Å². The van der Waals surface area contributed by atoms with Crippen LogP contribution in [-0.2, 0) is 11.3 Å². The van der Waals surface area contributed by atoms with Gasteiger partial charge >= 0.3 is 0 Å². The van der Waals surface area contributed by atoms with E-state index in [1.165, 1.54) is 11.3 Å². The second-order valence-electron chi connectivity index (χ2n) is 6.62. The Morgan fingerprint density at radius 2 is 2.42 bits per heavy atom. The highest BCUT2D eigenvalue weighted by molar-refractivity contribution is 7.07. The number of nitrogens with one attached hydrogen (secondary N) is 1. The van der Waals surface area contributed by atoms with E-state index in [2.05, 4.69) is 26.3 Å². The van der Waals surface area contributed by atoms with Gasteiger partial charge in [0.1, 0.15) is 5.69 Å². The number of ether oxygens (including phenoxy) is 1. The molecule has 24 heavy (non-hydrogen) atoms. The van der Waals surface area contributed by atoms with Gasteiger partial charge in [0.25, 0.3) is 5.91 Å². The van der Waals surface area contributed by atoms with Gasteiger partial charge in [0.15, 0.2) is 0 Å². The van der Waals surface area contributed by atoms with Gasteiger partial charge in [-0.1, -0.05) is 6.07 Å².